The van der Waals surface area contributed by atoms with Crippen LogP contribution in [0.5, 0.6) is 5.75 Å². The smallest absolute Gasteiger partial charge is 0.228 e. The highest BCUT2D eigenvalue weighted by Gasteiger charge is 2.30. The third-order valence-electron chi connectivity index (χ3n) is 6.14. The Bertz CT molecular complexity index is 1280. The maximum absolute atomic E-state index is 12.1. The van der Waals surface area contributed by atoms with Gasteiger partial charge in [-0.3, -0.25) is 4.79 Å². The van der Waals surface area contributed by atoms with Crippen LogP contribution in [0, 0.1) is 34.5 Å². The van der Waals surface area contributed by atoms with Crippen molar-refractivity contribution in [2.75, 3.05) is 18.5 Å². The van der Waals surface area contributed by atoms with E-state index in [1.54, 1.807) is 16.8 Å². The van der Waals surface area contributed by atoms with Crippen molar-refractivity contribution in [1.82, 2.24) is 19.9 Å². The van der Waals surface area contributed by atoms with Gasteiger partial charge in [-0.05, 0) is 55.4 Å². The summed E-state index contributed by atoms with van der Waals surface area (Å²) in [5.41, 5.74) is 2.80. The number of hydrogen-bond acceptors (Lipinski definition) is 7. The van der Waals surface area contributed by atoms with Gasteiger partial charge >= 0.3 is 0 Å². The van der Waals surface area contributed by atoms with Gasteiger partial charge in [-0.2, -0.15) is 15.6 Å². The molecule has 9 nitrogen and oxygen atoms in total. The van der Waals surface area contributed by atoms with E-state index in [-0.39, 0.29) is 11.8 Å². The summed E-state index contributed by atoms with van der Waals surface area (Å²) in [4.78, 5) is 16.2. The molecule has 0 spiro atoms. The van der Waals surface area contributed by atoms with E-state index >= 15 is 0 Å². The zero-order valence-corrected chi connectivity index (χ0v) is 18.0. The van der Waals surface area contributed by atoms with E-state index in [0.717, 1.165) is 42.3 Å². The predicted octanol–water partition coefficient (Wildman–Crippen LogP) is 2.89. The van der Waals surface area contributed by atoms with Gasteiger partial charge in [0.25, 0.3) is 0 Å². The molecule has 2 N–H and O–H groups in total. The van der Waals surface area contributed by atoms with E-state index in [2.05, 4.69) is 32.9 Å². The lowest BCUT2D eigenvalue weighted by Gasteiger charge is -2.35. The van der Waals surface area contributed by atoms with Gasteiger partial charge in [-0.25, -0.2) is 9.50 Å². The maximum atomic E-state index is 12.1. The second kappa shape index (κ2) is 8.89. The molecule has 9 heteroatoms. The normalized spacial score (nSPS) is 19.3. The molecule has 0 saturated heterocycles. The standard InChI is InChI=1S/C24H23N7O2/c25-4-5-27-18-7-15(8-18)14-33-22-13-28-19(12-26)10-21(22)17-3-6-31-20(9-17)11-23(30-31)29-24(32)16-1-2-16/h3,6,9-11,13,15-16,18,27H,1-2,5,7-8,14H2,(H,29,30,32). The first-order valence-corrected chi connectivity index (χ1v) is 11.1. The molecule has 5 rings (SSSR count). The van der Waals surface area contributed by atoms with Gasteiger partial charge in [0.05, 0.1) is 30.9 Å². The van der Waals surface area contributed by atoms with Crippen molar-refractivity contribution >= 4 is 17.2 Å². The number of nitrogens with one attached hydrogen (secondary N) is 2. The molecule has 2 aliphatic carbocycles. The molecule has 1 amide bonds. The third-order valence-corrected chi connectivity index (χ3v) is 6.14. The number of aromatic nitrogens is 3. The van der Waals surface area contributed by atoms with Gasteiger partial charge in [0.2, 0.25) is 5.91 Å². The van der Waals surface area contributed by atoms with Crippen molar-refractivity contribution in [2.24, 2.45) is 11.8 Å². The molecule has 0 radical (unpaired) electrons. The predicted molar refractivity (Wildman–Crippen MR) is 120 cm³/mol. The molecule has 3 aromatic heterocycles. The second-order valence-electron chi connectivity index (χ2n) is 8.64. The van der Waals surface area contributed by atoms with E-state index in [1.807, 2.05) is 24.4 Å². The molecular formula is C24H23N7O2. The largest absolute Gasteiger partial charge is 0.491 e. The minimum atomic E-state index is 0.0168. The fourth-order valence-electron chi connectivity index (χ4n) is 4.08. The number of nitrogens with zero attached hydrogens (tertiary/aromatic N) is 5. The summed E-state index contributed by atoms with van der Waals surface area (Å²) in [7, 11) is 0. The molecule has 0 aromatic carbocycles. The highest BCUT2D eigenvalue weighted by molar-refractivity contribution is 5.93. The van der Waals surface area contributed by atoms with E-state index in [1.165, 1.54) is 0 Å². The Morgan fingerprint density at radius 3 is 2.85 bits per heavy atom. The maximum Gasteiger partial charge on any atom is 0.228 e. The molecule has 2 aliphatic rings. The second-order valence-corrected chi connectivity index (χ2v) is 8.64. The lowest BCUT2D eigenvalue weighted by atomic mass is 9.81. The number of hydrogen-bond donors (Lipinski definition) is 2. The van der Waals surface area contributed by atoms with Gasteiger partial charge in [0, 0.05) is 29.8 Å². The molecule has 166 valence electrons. The number of anilines is 1. The van der Waals surface area contributed by atoms with Crippen LogP contribution in [0.15, 0.2) is 36.7 Å². The van der Waals surface area contributed by atoms with E-state index in [9.17, 15) is 10.1 Å². The van der Waals surface area contributed by atoms with E-state index in [4.69, 9.17) is 10.00 Å². The summed E-state index contributed by atoms with van der Waals surface area (Å²) in [5, 5.41) is 28.5. The van der Waals surface area contributed by atoms with Gasteiger partial charge in [-0.1, -0.05) is 0 Å². The molecule has 0 aliphatic heterocycles. The fraction of sp³-hybridized carbons (Fsp3) is 0.375. The highest BCUT2D eigenvalue weighted by atomic mass is 16.5. The van der Waals surface area contributed by atoms with E-state index < -0.39 is 0 Å². The lowest BCUT2D eigenvalue weighted by Crippen LogP contribution is -2.43. The molecule has 0 bridgehead atoms. The Morgan fingerprint density at radius 2 is 2.09 bits per heavy atom. The Labute approximate surface area is 191 Å². The zero-order valence-electron chi connectivity index (χ0n) is 18.0. The molecule has 3 aromatic rings. The fourth-order valence-corrected chi connectivity index (χ4v) is 4.08. The lowest BCUT2D eigenvalue weighted by molar-refractivity contribution is -0.117. The third kappa shape index (κ3) is 4.64. The number of carbonyl (C=O) groups is 1. The summed E-state index contributed by atoms with van der Waals surface area (Å²) in [6.07, 6.45) is 7.24. The summed E-state index contributed by atoms with van der Waals surface area (Å²) in [5.74, 6) is 1.69. The molecule has 3 heterocycles. The summed E-state index contributed by atoms with van der Waals surface area (Å²) in [6.45, 7) is 0.919. The van der Waals surface area contributed by atoms with Crippen LogP contribution in [0.25, 0.3) is 16.6 Å². The van der Waals surface area contributed by atoms with Crippen LogP contribution in [0.4, 0.5) is 5.82 Å². The van der Waals surface area contributed by atoms with Gasteiger partial charge < -0.3 is 15.4 Å². The minimum absolute atomic E-state index is 0.0168. The molecule has 2 saturated carbocycles. The Kier molecular flexibility index (Phi) is 5.64. The number of ether oxygens (including phenoxy) is 1. The van der Waals surface area contributed by atoms with Crippen LogP contribution in [0.3, 0.4) is 0 Å². The SMILES string of the molecule is N#CCNC1CC(COc2cnc(C#N)cc2-c2ccn3nc(NC(=O)C4CC4)cc3c2)C1. The molecule has 0 unspecified atom stereocenters. The van der Waals surface area contributed by atoms with Gasteiger partial charge in [0.1, 0.15) is 17.5 Å². The van der Waals surface area contributed by atoms with Crippen LogP contribution < -0.4 is 15.4 Å². The Morgan fingerprint density at radius 1 is 1.24 bits per heavy atom. The molecule has 0 atom stereocenters. The van der Waals surface area contributed by atoms with Crippen LogP contribution >= 0.6 is 0 Å². The minimum Gasteiger partial charge on any atom is -0.491 e. The quantitative estimate of drug-likeness (QED) is 0.514. The number of nitriles is 2. The van der Waals surface area contributed by atoms with Crippen molar-refractivity contribution in [1.29, 1.82) is 10.5 Å². The monoisotopic (exact) mass is 441 g/mol. The van der Waals surface area contributed by atoms with Gasteiger partial charge in [-0.15, -0.1) is 0 Å². The number of pyridine rings is 2. The van der Waals surface area contributed by atoms with Crippen molar-refractivity contribution in [3.63, 3.8) is 0 Å². The van der Waals surface area contributed by atoms with Crippen LogP contribution in [-0.4, -0.2) is 39.7 Å². The molecule has 2 fully saturated rings. The molecular weight excluding hydrogens is 418 g/mol. The number of amides is 1. The van der Waals surface area contributed by atoms with Crippen molar-refractivity contribution < 1.29 is 9.53 Å². The number of carbonyl (C=O) groups excluding carboxylic acids is 1. The van der Waals surface area contributed by atoms with Crippen molar-refractivity contribution in [2.45, 2.75) is 31.7 Å². The van der Waals surface area contributed by atoms with Crippen LogP contribution in [0.1, 0.15) is 31.4 Å². The van der Waals surface area contributed by atoms with Crippen LogP contribution in [0.2, 0.25) is 0 Å². The van der Waals surface area contributed by atoms with Crippen molar-refractivity contribution in [3.8, 4) is 29.0 Å². The first kappa shape index (κ1) is 20.9. The number of fused-ring (bicyclic) bond motifs is 1. The van der Waals surface area contributed by atoms with Crippen molar-refractivity contribution in [3.05, 3.63) is 42.4 Å². The zero-order chi connectivity index (χ0) is 22.8. The Balaban J connectivity index is 1.33. The average molecular weight is 441 g/mol. The average Bonchev–Trinajstić information content (AvgIpc) is 3.58. The Hall–Kier alpha value is -3.95. The summed E-state index contributed by atoms with van der Waals surface area (Å²) >= 11 is 0. The molecule has 33 heavy (non-hydrogen) atoms. The highest BCUT2D eigenvalue weighted by Crippen LogP contribution is 2.34. The van der Waals surface area contributed by atoms with E-state index in [0.29, 0.717) is 42.4 Å². The summed E-state index contributed by atoms with van der Waals surface area (Å²) < 4.78 is 7.82. The number of rotatable bonds is 8. The first-order chi connectivity index (χ1) is 16.1. The van der Waals surface area contributed by atoms with Gasteiger partial charge in [0.15, 0.2) is 5.82 Å². The first-order valence-electron chi connectivity index (χ1n) is 11.1. The topological polar surface area (TPSA) is 128 Å². The van der Waals surface area contributed by atoms with Crippen LogP contribution in [-0.2, 0) is 4.79 Å². The summed E-state index contributed by atoms with van der Waals surface area (Å²) in [6, 6.07) is 12.0.